The van der Waals surface area contributed by atoms with E-state index < -0.39 is 11.7 Å². The van der Waals surface area contributed by atoms with E-state index in [1.165, 1.54) is 24.5 Å². The summed E-state index contributed by atoms with van der Waals surface area (Å²) in [6.45, 7) is 3.26. The SMILES string of the molecule is CC#CC(=O)Nc1ccc(-c2c(-c3ccc(Oc4ncc(Cl)c(C)n4)c(F)c3)c3c(N)ncc(C#N)c3n2C)cc1. The molecule has 41 heavy (non-hydrogen) atoms. The number of amides is 1. The molecule has 3 aromatic heterocycles. The predicted molar refractivity (Wildman–Crippen MR) is 155 cm³/mol. The molecule has 11 heteroatoms. The van der Waals surface area contributed by atoms with Crippen LogP contribution >= 0.6 is 11.6 Å². The lowest BCUT2D eigenvalue weighted by molar-refractivity contribution is -0.111. The van der Waals surface area contributed by atoms with Gasteiger partial charge in [-0.1, -0.05) is 35.7 Å². The van der Waals surface area contributed by atoms with Gasteiger partial charge in [-0.15, -0.1) is 0 Å². The monoisotopic (exact) mass is 565 g/mol. The minimum absolute atomic E-state index is 0.0476. The maximum atomic E-state index is 15.5. The Morgan fingerprint density at radius 2 is 1.88 bits per heavy atom. The third-order valence-electron chi connectivity index (χ3n) is 6.33. The molecule has 202 valence electrons. The van der Waals surface area contributed by atoms with Gasteiger partial charge >= 0.3 is 6.01 Å². The van der Waals surface area contributed by atoms with E-state index in [9.17, 15) is 10.1 Å². The summed E-state index contributed by atoms with van der Waals surface area (Å²) < 4.78 is 22.9. The van der Waals surface area contributed by atoms with Crippen molar-refractivity contribution >= 4 is 39.9 Å². The van der Waals surface area contributed by atoms with Gasteiger partial charge in [-0.25, -0.2) is 14.4 Å². The van der Waals surface area contributed by atoms with Gasteiger partial charge in [0.25, 0.3) is 5.91 Å². The highest BCUT2D eigenvalue weighted by Crippen LogP contribution is 2.44. The molecule has 0 atom stereocenters. The lowest BCUT2D eigenvalue weighted by Gasteiger charge is -2.12. The van der Waals surface area contributed by atoms with E-state index in [1.807, 2.05) is 4.57 Å². The highest BCUT2D eigenvalue weighted by molar-refractivity contribution is 6.31. The number of benzene rings is 2. The number of nitrogens with zero attached hydrogens (tertiary/aromatic N) is 5. The molecule has 0 aliphatic carbocycles. The van der Waals surface area contributed by atoms with Gasteiger partial charge in [0.1, 0.15) is 11.9 Å². The number of rotatable bonds is 5. The molecule has 0 saturated heterocycles. The smallest absolute Gasteiger partial charge is 0.322 e. The number of nitrogen functional groups attached to an aromatic ring is 1. The number of fused-ring (bicyclic) bond motifs is 1. The molecule has 0 fully saturated rings. The molecule has 5 aromatic rings. The van der Waals surface area contributed by atoms with Gasteiger partial charge in [-0.05, 0) is 55.2 Å². The zero-order chi connectivity index (χ0) is 29.3. The molecule has 0 spiro atoms. The summed E-state index contributed by atoms with van der Waals surface area (Å²) in [5.41, 5.74) is 10.7. The van der Waals surface area contributed by atoms with Crippen LogP contribution in [0.4, 0.5) is 15.9 Å². The zero-order valence-electron chi connectivity index (χ0n) is 22.1. The first-order valence-corrected chi connectivity index (χ1v) is 12.6. The van der Waals surface area contributed by atoms with Crippen LogP contribution in [-0.4, -0.2) is 25.4 Å². The van der Waals surface area contributed by atoms with Crippen LogP contribution in [0.5, 0.6) is 11.8 Å². The van der Waals surface area contributed by atoms with Crippen LogP contribution in [0.25, 0.3) is 33.3 Å². The van der Waals surface area contributed by atoms with Crippen LogP contribution in [0.2, 0.25) is 5.02 Å². The molecule has 2 aromatic carbocycles. The normalized spacial score (nSPS) is 10.5. The molecule has 5 rings (SSSR count). The second-order valence-corrected chi connectivity index (χ2v) is 9.32. The van der Waals surface area contributed by atoms with Gasteiger partial charge in [-0.3, -0.25) is 4.79 Å². The predicted octanol–water partition coefficient (Wildman–Crippen LogP) is 6.01. The van der Waals surface area contributed by atoms with Crippen molar-refractivity contribution in [2.45, 2.75) is 13.8 Å². The molecule has 1 amide bonds. The van der Waals surface area contributed by atoms with Crippen LogP contribution < -0.4 is 15.8 Å². The number of nitrogens with two attached hydrogens (primary N) is 1. The summed E-state index contributed by atoms with van der Waals surface area (Å²) in [6, 6.07) is 13.6. The Labute approximate surface area is 239 Å². The second kappa shape index (κ2) is 11.0. The van der Waals surface area contributed by atoms with Gasteiger partial charge in [0.2, 0.25) is 0 Å². The number of ether oxygens (including phenoxy) is 1. The number of halogens is 2. The van der Waals surface area contributed by atoms with Crippen LogP contribution in [0.3, 0.4) is 0 Å². The molecule has 3 N–H and O–H groups in total. The first-order chi connectivity index (χ1) is 19.7. The number of aromatic nitrogens is 4. The fraction of sp³-hybridized carbons (Fsp3) is 0.100. The Morgan fingerprint density at radius 1 is 1.15 bits per heavy atom. The molecule has 3 heterocycles. The fourth-order valence-electron chi connectivity index (χ4n) is 4.51. The summed E-state index contributed by atoms with van der Waals surface area (Å²) in [7, 11) is 1.79. The van der Waals surface area contributed by atoms with Crippen molar-refractivity contribution in [3.8, 4) is 52.1 Å². The first kappa shape index (κ1) is 27.1. The lowest BCUT2D eigenvalue weighted by Crippen LogP contribution is -2.08. The average Bonchev–Trinajstić information content (AvgIpc) is 3.26. The van der Waals surface area contributed by atoms with Crippen molar-refractivity contribution in [2.75, 3.05) is 11.1 Å². The van der Waals surface area contributed by atoms with Crippen molar-refractivity contribution < 1.29 is 13.9 Å². The van der Waals surface area contributed by atoms with E-state index in [0.29, 0.717) is 49.7 Å². The van der Waals surface area contributed by atoms with Crippen LogP contribution in [0.15, 0.2) is 54.9 Å². The minimum atomic E-state index is -0.667. The highest BCUT2D eigenvalue weighted by Gasteiger charge is 2.24. The number of nitriles is 1. The number of carbonyl (C=O) groups excluding carboxylic acids is 1. The maximum Gasteiger partial charge on any atom is 0.322 e. The van der Waals surface area contributed by atoms with Crippen LogP contribution in [0.1, 0.15) is 18.2 Å². The van der Waals surface area contributed by atoms with Gasteiger partial charge in [0.05, 0.1) is 39.1 Å². The number of nitrogens with one attached hydrogen (secondary N) is 1. The standard InChI is InChI=1S/C30H21ClFN7O2/c1-4-5-24(40)38-20-9-6-17(7-10-20)27-25(26-28(39(27)3)19(13-33)14-35-29(26)34)18-8-11-23(22(32)12-18)41-30-36-15-21(31)16(2)37-30/h6-12,14-15H,1-3H3,(H2,34,35)(H,38,40). The summed E-state index contributed by atoms with van der Waals surface area (Å²) in [4.78, 5) is 24.2. The highest BCUT2D eigenvalue weighted by atomic mass is 35.5. The Hall–Kier alpha value is -5.45. The Morgan fingerprint density at radius 3 is 2.54 bits per heavy atom. The summed E-state index contributed by atoms with van der Waals surface area (Å²) in [5.74, 6) is 3.99. The largest absolute Gasteiger partial charge is 0.421 e. The van der Waals surface area contributed by atoms with Gasteiger partial charge in [-0.2, -0.15) is 10.2 Å². The van der Waals surface area contributed by atoms with Crippen molar-refractivity contribution in [3.63, 3.8) is 0 Å². The molecular weight excluding hydrogens is 545 g/mol. The number of hydrogen-bond acceptors (Lipinski definition) is 7. The molecule has 0 unspecified atom stereocenters. The van der Waals surface area contributed by atoms with Gasteiger partial charge in [0, 0.05) is 24.5 Å². The van der Waals surface area contributed by atoms with Crippen molar-refractivity contribution in [3.05, 3.63) is 77.0 Å². The third-order valence-corrected chi connectivity index (χ3v) is 6.70. The number of carbonyl (C=O) groups is 1. The van der Waals surface area contributed by atoms with E-state index >= 15 is 4.39 Å². The second-order valence-electron chi connectivity index (χ2n) is 8.91. The van der Waals surface area contributed by atoms with Crippen LogP contribution in [-0.2, 0) is 11.8 Å². The minimum Gasteiger partial charge on any atom is -0.421 e. The van der Waals surface area contributed by atoms with E-state index in [1.54, 1.807) is 51.2 Å². The number of anilines is 2. The topological polar surface area (TPSA) is 132 Å². The summed E-state index contributed by atoms with van der Waals surface area (Å²) >= 11 is 5.98. The fourth-order valence-corrected chi connectivity index (χ4v) is 4.61. The molecule has 0 bridgehead atoms. The van der Waals surface area contributed by atoms with E-state index in [2.05, 4.69) is 38.2 Å². The number of pyridine rings is 1. The Balaban J connectivity index is 1.66. The number of aryl methyl sites for hydroxylation is 2. The molecular formula is C30H21ClFN7O2. The number of hydrogen-bond donors (Lipinski definition) is 2. The van der Waals surface area contributed by atoms with Crippen molar-refractivity contribution in [1.82, 2.24) is 19.5 Å². The molecule has 0 saturated carbocycles. The van der Waals surface area contributed by atoms with Gasteiger partial charge in [0.15, 0.2) is 11.6 Å². The van der Waals surface area contributed by atoms with E-state index in [-0.39, 0.29) is 17.6 Å². The van der Waals surface area contributed by atoms with Crippen molar-refractivity contribution in [1.29, 1.82) is 5.26 Å². The zero-order valence-corrected chi connectivity index (χ0v) is 22.8. The molecule has 9 nitrogen and oxygen atoms in total. The maximum absolute atomic E-state index is 15.5. The third kappa shape index (κ3) is 5.12. The van der Waals surface area contributed by atoms with Gasteiger partial charge < -0.3 is 20.4 Å². The summed E-state index contributed by atoms with van der Waals surface area (Å²) in [5, 5.41) is 13.4. The van der Waals surface area contributed by atoms with E-state index in [4.69, 9.17) is 22.1 Å². The average molecular weight is 566 g/mol. The molecule has 0 radical (unpaired) electrons. The van der Waals surface area contributed by atoms with Crippen LogP contribution in [0, 0.1) is 35.9 Å². The van der Waals surface area contributed by atoms with Crippen molar-refractivity contribution in [2.24, 2.45) is 7.05 Å². The first-order valence-electron chi connectivity index (χ1n) is 12.2. The van der Waals surface area contributed by atoms with E-state index in [0.717, 1.165) is 5.56 Å². The quantitative estimate of drug-likeness (QED) is 0.249. The molecule has 0 aliphatic heterocycles. The Kier molecular flexibility index (Phi) is 7.26. The lowest BCUT2D eigenvalue weighted by atomic mass is 9.97. The molecule has 0 aliphatic rings. The Bertz CT molecular complexity index is 1950. The summed E-state index contributed by atoms with van der Waals surface area (Å²) in [6.07, 6.45) is 2.79.